The Morgan fingerprint density at radius 2 is 0.942 bits per heavy atom. The van der Waals surface area contributed by atoms with Crippen LogP contribution in [0.2, 0.25) is 0 Å². The number of allylic oxidation sites excluding steroid dienone is 4. The van der Waals surface area contributed by atoms with E-state index in [4.69, 9.17) is 0 Å². The number of para-hydroxylation sites is 2. The molecule has 2 nitrogen and oxygen atoms in total. The molecular weight excluding hydrogens is 833 g/mol. The highest BCUT2D eigenvalue weighted by Gasteiger charge is 2.52. The first-order valence-corrected chi connectivity index (χ1v) is 24.2. The lowest BCUT2D eigenvalue weighted by molar-refractivity contribution is 0.780. The molecule has 0 aliphatic heterocycles. The van der Waals surface area contributed by atoms with Gasteiger partial charge in [0.25, 0.3) is 0 Å². The van der Waals surface area contributed by atoms with E-state index in [-0.39, 0.29) is 5.41 Å². The van der Waals surface area contributed by atoms with Crippen molar-refractivity contribution in [3.8, 4) is 50.2 Å². The lowest BCUT2D eigenvalue weighted by Gasteiger charge is -2.33. The van der Waals surface area contributed by atoms with E-state index in [9.17, 15) is 0 Å². The van der Waals surface area contributed by atoms with E-state index in [2.05, 4.69) is 264 Å². The van der Waals surface area contributed by atoms with Gasteiger partial charge in [0.15, 0.2) is 0 Å². The van der Waals surface area contributed by atoms with Gasteiger partial charge in [-0.25, -0.2) is 0 Å². The lowest BCUT2D eigenvalue weighted by atomic mass is 9.69. The summed E-state index contributed by atoms with van der Waals surface area (Å²) in [4.78, 5) is 2.55. The van der Waals surface area contributed by atoms with Gasteiger partial charge in [-0.3, -0.25) is 0 Å². The van der Waals surface area contributed by atoms with Crippen LogP contribution in [0.5, 0.6) is 0 Å². The molecule has 69 heavy (non-hydrogen) atoms. The number of anilines is 3. The van der Waals surface area contributed by atoms with E-state index >= 15 is 0 Å². The van der Waals surface area contributed by atoms with Gasteiger partial charge < -0.3 is 9.47 Å². The van der Waals surface area contributed by atoms with E-state index < -0.39 is 0 Å². The molecule has 0 unspecified atom stereocenters. The summed E-state index contributed by atoms with van der Waals surface area (Å²) < 4.78 is 2.44. The molecule has 0 bridgehead atoms. The Hall–Kier alpha value is -8.72. The SMILES string of the molecule is C1=CC2=C(CC1)c1cc(N(c3ccc4c5ccccc5n(-c5ccccc5)c4c3)c3cccc(-c4ccccc4)c3-c3ccccc3-c3ccccc3)ccc1C21c2ccccc2-c2ccccc21. The third kappa shape index (κ3) is 5.85. The van der Waals surface area contributed by atoms with Crippen molar-refractivity contribution in [3.63, 3.8) is 0 Å². The molecule has 10 aromatic carbocycles. The summed E-state index contributed by atoms with van der Waals surface area (Å²) in [5.41, 5.74) is 24.5. The summed E-state index contributed by atoms with van der Waals surface area (Å²) in [5, 5.41) is 2.46. The Bertz CT molecular complexity index is 3850. The molecule has 0 radical (unpaired) electrons. The molecule has 0 saturated carbocycles. The second kappa shape index (κ2) is 15.7. The van der Waals surface area contributed by atoms with Gasteiger partial charge in [-0.05, 0) is 134 Å². The maximum atomic E-state index is 2.55. The number of hydrogen-bond donors (Lipinski definition) is 0. The fourth-order valence-electron chi connectivity index (χ4n) is 12.3. The minimum atomic E-state index is -0.388. The van der Waals surface area contributed by atoms with Gasteiger partial charge in [0.2, 0.25) is 0 Å². The molecular formula is C67H46N2. The Kier molecular flexibility index (Phi) is 8.97. The molecule has 1 heterocycles. The van der Waals surface area contributed by atoms with Crippen LogP contribution in [0.15, 0.2) is 260 Å². The van der Waals surface area contributed by atoms with Crippen LogP contribution in [0, 0.1) is 0 Å². The number of benzene rings is 10. The molecule has 0 N–H and O–H groups in total. The van der Waals surface area contributed by atoms with Gasteiger partial charge in [0, 0.05) is 33.4 Å². The van der Waals surface area contributed by atoms with E-state index in [0.29, 0.717) is 0 Å². The molecule has 0 fully saturated rings. The van der Waals surface area contributed by atoms with Crippen LogP contribution in [-0.4, -0.2) is 4.57 Å². The van der Waals surface area contributed by atoms with Crippen molar-refractivity contribution in [1.82, 2.24) is 4.57 Å². The van der Waals surface area contributed by atoms with E-state index in [1.165, 1.54) is 94.2 Å². The fourth-order valence-corrected chi connectivity index (χ4v) is 12.3. The first-order valence-electron chi connectivity index (χ1n) is 24.2. The lowest BCUT2D eigenvalue weighted by Crippen LogP contribution is -2.27. The highest BCUT2D eigenvalue weighted by Crippen LogP contribution is 2.64. The van der Waals surface area contributed by atoms with Crippen LogP contribution in [0.3, 0.4) is 0 Å². The smallest absolute Gasteiger partial charge is 0.0722 e. The van der Waals surface area contributed by atoms with Gasteiger partial charge in [-0.2, -0.15) is 0 Å². The summed E-state index contributed by atoms with van der Waals surface area (Å²) in [6, 6.07) is 90.1. The fraction of sp³-hybridized carbons (Fsp3) is 0.0448. The quantitative estimate of drug-likeness (QED) is 0.155. The van der Waals surface area contributed by atoms with Gasteiger partial charge >= 0.3 is 0 Å². The Labute approximate surface area is 403 Å². The topological polar surface area (TPSA) is 8.17 Å². The van der Waals surface area contributed by atoms with Crippen molar-refractivity contribution < 1.29 is 0 Å². The Morgan fingerprint density at radius 1 is 0.391 bits per heavy atom. The zero-order valence-electron chi connectivity index (χ0n) is 38.1. The zero-order valence-corrected chi connectivity index (χ0v) is 38.1. The van der Waals surface area contributed by atoms with Crippen molar-refractivity contribution >= 4 is 44.4 Å². The summed E-state index contributed by atoms with van der Waals surface area (Å²) in [7, 11) is 0. The Morgan fingerprint density at radius 3 is 1.68 bits per heavy atom. The van der Waals surface area contributed by atoms with Crippen molar-refractivity contribution in [2.24, 2.45) is 0 Å². The third-order valence-corrected chi connectivity index (χ3v) is 15.1. The Balaban J connectivity index is 1.08. The maximum Gasteiger partial charge on any atom is 0.0722 e. The first-order chi connectivity index (χ1) is 34.3. The summed E-state index contributed by atoms with van der Waals surface area (Å²) >= 11 is 0. The highest BCUT2D eigenvalue weighted by molar-refractivity contribution is 6.11. The van der Waals surface area contributed by atoms with E-state index in [1.807, 2.05) is 0 Å². The molecule has 2 heteroatoms. The zero-order chi connectivity index (χ0) is 45.5. The standard InChI is InChI=1S/C67H46N2/c1-4-21-45(22-5-1)50-27-10-11-32-57(50)66-51(46-23-6-2-7-24-46)33-20-38-64(66)68(49-39-41-56-55-31-15-19-37-63(55)69(65(56)44-49)47-25-8-3-9-26-47)48-40-42-62-58(43-48)54-30-14-18-36-61(54)67(62)59-34-16-12-28-52(59)53-29-13-17-35-60(53)67/h1-13,15-29,31-44H,14,30H2. The first kappa shape index (κ1) is 39.4. The monoisotopic (exact) mass is 878 g/mol. The van der Waals surface area contributed by atoms with E-state index in [0.717, 1.165) is 41.1 Å². The summed E-state index contributed by atoms with van der Waals surface area (Å²) in [6.07, 6.45) is 6.87. The highest BCUT2D eigenvalue weighted by atomic mass is 15.1. The summed E-state index contributed by atoms with van der Waals surface area (Å²) in [6.45, 7) is 0. The molecule has 14 rings (SSSR count). The van der Waals surface area contributed by atoms with Crippen molar-refractivity contribution in [3.05, 3.63) is 283 Å². The second-order valence-electron chi connectivity index (χ2n) is 18.6. The molecule has 0 saturated heterocycles. The predicted molar refractivity (Wildman–Crippen MR) is 289 cm³/mol. The number of rotatable bonds is 7. The predicted octanol–water partition coefficient (Wildman–Crippen LogP) is 17.7. The molecule has 324 valence electrons. The molecule has 3 aliphatic carbocycles. The number of nitrogens with zero attached hydrogens (tertiary/aromatic N) is 2. The van der Waals surface area contributed by atoms with Crippen molar-refractivity contribution in [2.45, 2.75) is 18.3 Å². The largest absolute Gasteiger partial charge is 0.310 e. The van der Waals surface area contributed by atoms with Gasteiger partial charge in [-0.1, -0.05) is 206 Å². The molecule has 0 atom stereocenters. The van der Waals surface area contributed by atoms with Crippen LogP contribution >= 0.6 is 0 Å². The van der Waals surface area contributed by atoms with E-state index in [1.54, 1.807) is 0 Å². The number of aromatic nitrogens is 1. The van der Waals surface area contributed by atoms with Crippen LogP contribution in [0.25, 0.3) is 77.6 Å². The van der Waals surface area contributed by atoms with Crippen LogP contribution < -0.4 is 4.90 Å². The van der Waals surface area contributed by atoms with Gasteiger partial charge in [0.1, 0.15) is 0 Å². The van der Waals surface area contributed by atoms with Crippen LogP contribution in [0.1, 0.15) is 35.1 Å². The van der Waals surface area contributed by atoms with Crippen molar-refractivity contribution in [2.75, 3.05) is 4.90 Å². The second-order valence-corrected chi connectivity index (χ2v) is 18.6. The van der Waals surface area contributed by atoms with Crippen molar-refractivity contribution in [1.29, 1.82) is 0 Å². The normalized spacial score (nSPS) is 14.0. The minimum Gasteiger partial charge on any atom is -0.310 e. The molecule has 1 spiro atoms. The molecule has 0 amide bonds. The molecule has 11 aromatic rings. The van der Waals surface area contributed by atoms with Gasteiger partial charge in [0.05, 0.1) is 22.1 Å². The van der Waals surface area contributed by atoms with Gasteiger partial charge in [-0.15, -0.1) is 0 Å². The average molecular weight is 879 g/mol. The number of fused-ring (bicyclic) bond motifs is 12. The average Bonchev–Trinajstić information content (AvgIpc) is 4.03. The number of hydrogen-bond acceptors (Lipinski definition) is 1. The third-order valence-electron chi connectivity index (χ3n) is 15.1. The molecule has 1 aromatic heterocycles. The maximum absolute atomic E-state index is 2.55. The van der Waals surface area contributed by atoms with Crippen LogP contribution in [0.4, 0.5) is 17.1 Å². The summed E-state index contributed by atoms with van der Waals surface area (Å²) in [5.74, 6) is 0. The van der Waals surface area contributed by atoms with Crippen LogP contribution in [-0.2, 0) is 5.41 Å². The minimum absolute atomic E-state index is 0.388. The molecule has 3 aliphatic rings.